The Bertz CT molecular complexity index is 1020. The number of aliphatic imine (C=N–C) groups is 1. The molecule has 0 atom stereocenters. The van der Waals surface area contributed by atoms with E-state index in [2.05, 4.69) is 9.98 Å². The largest absolute Gasteiger partial charge is 0.305 e. The van der Waals surface area contributed by atoms with Gasteiger partial charge in [0.2, 0.25) is 5.96 Å². The summed E-state index contributed by atoms with van der Waals surface area (Å²) in [5, 5.41) is 0. The van der Waals surface area contributed by atoms with Crippen LogP contribution in [0.15, 0.2) is 59.5 Å². The molecule has 6 heteroatoms. The molecule has 0 amide bonds. The van der Waals surface area contributed by atoms with Crippen LogP contribution in [0.2, 0.25) is 0 Å². The average molecular weight is 338 g/mol. The van der Waals surface area contributed by atoms with Crippen molar-refractivity contribution in [3.63, 3.8) is 0 Å². The Morgan fingerprint density at radius 3 is 2.52 bits per heavy atom. The van der Waals surface area contributed by atoms with Gasteiger partial charge in [0.05, 0.1) is 23.8 Å². The molecule has 2 heterocycles. The maximum absolute atomic E-state index is 13.9. The number of fused-ring (bicyclic) bond motifs is 1. The summed E-state index contributed by atoms with van der Waals surface area (Å²) in [7, 11) is 0. The quantitative estimate of drug-likeness (QED) is 0.662. The van der Waals surface area contributed by atoms with Crippen molar-refractivity contribution in [1.82, 2.24) is 9.55 Å². The molecular weight excluding hydrogens is 322 g/mol. The lowest BCUT2D eigenvalue weighted by atomic mass is 10.2. The zero-order valence-electron chi connectivity index (χ0n) is 13.9. The molecule has 0 spiro atoms. The zero-order valence-corrected chi connectivity index (χ0v) is 13.9. The van der Waals surface area contributed by atoms with Gasteiger partial charge in [0.15, 0.2) is 0 Å². The molecule has 3 aromatic rings. The fraction of sp³-hybridized carbons (Fsp3) is 0.158. The van der Waals surface area contributed by atoms with Crippen molar-refractivity contribution in [3.05, 3.63) is 71.7 Å². The lowest BCUT2D eigenvalue weighted by molar-refractivity contribution is 0.606. The predicted molar refractivity (Wildman–Crippen MR) is 95.0 cm³/mol. The Morgan fingerprint density at radius 1 is 1.00 bits per heavy atom. The molecule has 0 radical (unpaired) electrons. The van der Waals surface area contributed by atoms with Gasteiger partial charge in [-0.2, -0.15) is 0 Å². The summed E-state index contributed by atoms with van der Waals surface area (Å²) in [6, 6.07) is 12.2. The van der Waals surface area contributed by atoms with Gasteiger partial charge in [-0.15, -0.1) is 0 Å². The number of hydrogen-bond acceptors (Lipinski definition) is 3. The second-order valence-electron chi connectivity index (χ2n) is 6.05. The highest BCUT2D eigenvalue weighted by atomic mass is 19.1. The van der Waals surface area contributed by atoms with E-state index in [-0.39, 0.29) is 18.2 Å². The summed E-state index contributed by atoms with van der Waals surface area (Å²) in [6.07, 6.45) is 1.20. The topological polar surface area (TPSA) is 33.4 Å². The lowest BCUT2D eigenvalue weighted by Gasteiger charge is -2.28. The van der Waals surface area contributed by atoms with Crippen molar-refractivity contribution in [2.24, 2.45) is 4.99 Å². The molecule has 0 unspecified atom stereocenters. The summed E-state index contributed by atoms with van der Waals surface area (Å²) in [5.41, 5.74) is 3.19. The number of aromatic nitrogens is 2. The highest BCUT2D eigenvalue weighted by Crippen LogP contribution is 2.25. The van der Waals surface area contributed by atoms with E-state index >= 15 is 0 Å². The number of benzene rings is 2. The number of imidazole rings is 1. The fourth-order valence-corrected chi connectivity index (χ4v) is 2.99. The van der Waals surface area contributed by atoms with E-state index in [0.717, 1.165) is 11.3 Å². The molecule has 0 N–H and O–H groups in total. The molecule has 0 fully saturated rings. The van der Waals surface area contributed by atoms with Gasteiger partial charge in [-0.3, -0.25) is 4.57 Å². The van der Waals surface area contributed by atoms with Gasteiger partial charge >= 0.3 is 0 Å². The standard InChI is InChI=1S/C19H16F2N4/c1-12-3-6-16(7-4-12)24-11-15(21)10-22-19(24)25-13(2)23-17-8-5-14(20)9-18(17)25/h3-10H,11H2,1-2H3. The summed E-state index contributed by atoms with van der Waals surface area (Å²) in [4.78, 5) is 10.5. The number of nitrogens with zero attached hydrogens (tertiary/aromatic N) is 4. The van der Waals surface area contributed by atoms with Crippen LogP contribution in [-0.2, 0) is 0 Å². The SMILES string of the molecule is Cc1ccc(N2CC(F)=CN=C2n2c(C)nc3ccc(F)cc32)cc1. The minimum absolute atomic E-state index is 0.0658. The van der Waals surface area contributed by atoms with Crippen LogP contribution in [0.25, 0.3) is 11.0 Å². The van der Waals surface area contributed by atoms with E-state index in [1.165, 1.54) is 18.3 Å². The Hall–Kier alpha value is -3.02. The van der Waals surface area contributed by atoms with E-state index < -0.39 is 0 Å². The van der Waals surface area contributed by atoms with Gasteiger partial charge in [0.25, 0.3) is 0 Å². The van der Waals surface area contributed by atoms with Gasteiger partial charge < -0.3 is 4.90 Å². The van der Waals surface area contributed by atoms with Crippen LogP contribution < -0.4 is 4.90 Å². The molecule has 0 saturated carbocycles. The van der Waals surface area contributed by atoms with Crippen LogP contribution in [0.5, 0.6) is 0 Å². The van der Waals surface area contributed by atoms with E-state index in [4.69, 9.17) is 0 Å². The Balaban J connectivity index is 1.91. The minimum atomic E-state index is -0.353. The highest BCUT2D eigenvalue weighted by Gasteiger charge is 2.24. The summed E-state index contributed by atoms with van der Waals surface area (Å²) < 4.78 is 29.4. The molecule has 0 bridgehead atoms. The summed E-state index contributed by atoms with van der Waals surface area (Å²) >= 11 is 0. The van der Waals surface area contributed by atoms with Gasteiger partial charge in [0, 0.05) is 11.8 Å². The highest BCUT2D eigenvalue weighted by molar-refractivity contribution is 6.04. The normalized spacial score (nSPS) is 14.6. The van der Waals surface area contributed by atoms with E-state index in [1.54, 1.807) is 15.5 Å². The van der Waals surface area contributed by atoms with Crippen LogP contribution in [-0.4, -0.2) is 22.1 Å². The number of rotatable bonds is 1. The number of aryl methyl sites for hydroxylation is 2. The van der Waals surface area contributed by atoms with Gasteiger partial charge in [-0.1, -0.05) is 17.7 Å². The lowest BCUT2D eigenvalue weighted by Crippen LogP contribution is -2.39. The third kappa shape index (κ3) is 2.69. The molecule has 25 heavy (non-hydrogen) atoms. The van der Waals surface area contributed by atoms with E-state index in [1.807, 2.05) is 38.1 Å². The Labute approximate surface area is 143 Å². The fourth-order valence-electron chi connectivity index (χ4n) is 2.99. The third-order valence-electron chi connectivity index (χ3n) is 4.20. The molecular formula is C19H16F2N4. The summed E-state index contributed by atoms with van der Waals surface area (Å²) in [5.74, 6) is 0.467. The van der Waals surface area contributed by atoms with Crippen molar-refractivity contribution in [2.45, 2.75) is 13.8 Å². The molecule has 2 aromatic carbocycles. The van der Waals surface area contributed by atoms with Crippen molar-refractivity contribution in [2.75, 3.05) is 11.4 Å². The number of halogens is 2. The van der Waals surface area contributed by atoms with Crippen LogP contribution in [0.4, 0.5) is 14.5 Å². The van der Waals surface area contributed by atoms with Crippen molar-refractivity contribution in [1.29, 1.82) is 0 Å². The smallest absolute Gasteiger partial charge is 0.216 e. The van der Waals surface area contributed by atoms with E-state index in [9.17, 15) is 8.78 Å². The maximum atomic E-state index is 13.9. The Morgan fingerprint density at radius 2 is 1.76 bits per heavy atom. The molecule has 0 saturated heterocycles. The van der Waals surface area contributed by atoms with Gasteiger partial charge in [0.1, 0.15) is 17.5 Å². The van der Waals surface area contributed by atoms with Crippen molar-refractivity contribution >= 4 is 22.7 Å². The zero-order chi connectivity index (χ0) is 17.6. The first kappa shape index (κ1) is 15.5. The predicted octanol–water partition coefficient (Wildman–Crippen LogP) is 4.33. The third-order valence-corrected chi connectivity index (χ3v) is 4.20. The first-order valence-electron chi connectivity index (χ1n) is 7.94. The van der Waals surface area contributed by atoms with Gasteiger partial charge in [-0.05, 0) is 38.1 Å². The average Bonchev–Trinajstić information content (AvgIpc) is 2.91. The minimum Gasteiger partial charge on any atom is -0.305 e. The molecule has 1 aromatic heterocycles. The molecule has 126 valence electrons. The maximum Gasteiger partial charge on any atom is 0.216 e. The van der Waals surface area contributed by atoms with Crippen molar-refractivity contribution < 1.29 is 8.78 Å². The Kier molecular flexibility index (Phi) is 3.60. The van der Waals surface area contributed by atoms with Crippen LogP contribution in [0.1, 0.15) is 11.4 Å². The van der Waals surface area contributed by atoms with Crippen LogP contribution in [0, 0.1) is 19.7 Å². The second kappa shape index (κ2) is 5.81. The van der Waals surface area contributed by atoms with Crippen LogP contribution >= 0.6 is 0 Å². The monoisotopic (exact) mass is 338 g/mol. The molecule has 1 aliphatic rings. The number of hydrogen-bond donors (Lipinski definition) is 0. The molecule has 1 aliphatic heterocycles. The van der Waals surface area contributed by atoms with Gasteiger partial charge in [-0.25, -0.2) is 18.8 Å². The first-order chi connectivity index (χ1) is 12.0. The van der Waals surface area contributed by atoms with Crippen LogP contribution in [0.3, 0.4) is 0 Å². The summed E-state index contributed by atoms with van der Waals surface area (Å²) in [6.45, 7) is 3.88. The first-order valence-corrected chi connectivity index (χ1v) is 7.94. The number of anilines is 1. The van der Waals surface area contributed by atoms with Crippen molar-refractivity contribution in [3.8, 4) is 0 Å². The molecule has 0 aliphatic carbocycles. The molecule has 4 rings (SSSR count). The second-order valence-corrected chi connectivity index (χ2v) is 6.05. The molecule has 4 nitrogen and oxygen atoms in total. The van der Waals surface area contributed by atoms with E-state index in [0.29, 0.717) is 22.8 Å².